The van der Waals surface area contributed by atoms with Crippen molar-refractivity contribution < 1.29 is 4.52 Å². The minimum Gasteiger partial charge on any atom is -0.337 e. The van der Waals surface area contributed by atoms with Gasteiger partial charge in [0.2, 0.25) is 11.7 Å². The van der Waals surface area contributed by atoms with Gasteiger partial charge in [-0.2, -0.15) is 20.4 Å². The van der Waals surface area contributed by atoms with E-state index in [1.807, 2.05) is 0 Å². The molecule has 2 unspecified atom stereocenters. The van der Waals surface area contributed by atoms with Crippen molar-refractivity contribution in [1.82, 2.24) is 30.9 Å². The number of nitrogens with zero attached hydrogens (tertiary/aromatic N) is 4. The first-order chi connectivity index (χ1) is 8.34. The lowest BCUT2D eigenvalue weighted by Gasteiger charge is -2.26. The van der Waals surface area contributed by atoms with Crippen molar-refractivity contribution in [2.45, 2.75) is 25.8 Å². The van der Waals surface area contributed by atoms with E-state index in [0.29, 0.717) is 23.3 Å². The second-order valence-corrected chi connectivity index (χ2v) is 4.36. The standard InChI is InChI=1S/C10H14N6O/c1-6-3-2-4-11-8(6)10-13-9(15-17-10)7-5-12-16-14-7/h5-6,8,11H,2-4H2,1H3,(H,12,14,16). The Bertz CT molecular complexity index is 479. The van der Waals surface area contributed by atoms with Gasteiger partial charge in [0.05, 0.1) is 12.2 Å². The number of hydrogen-bond acceptors (Lipinski definition) is 6. The predicted octanol–water partition coefficient (Wildman–Crippen LogP) is 0.915. The normalized spacial score (nSPS) is 25.0. The molecule has 0 saturated carbocycles. The quantitative estimate of drug-likeness (QED) is 0.802. The molecule has 7 heteroatoms. The van der Waals surface area contributed by atoms with Crippen LogP contribution in [0.1, 0.15) is 31.7 Å². The predicted molar refractivity (Wildman–Crippen MR) is 58.8 cm³/mol. The molecule has 1 fully saturated rings. The van der Waals surface area contributed by atoms with Crippen LogP contribution in [0.25, 0.3) is 11.5 Å². The fourth-order valence-corrected chi connectivity index (χ4v) is 2.16. The maximum atomic E-state index is 5.29. The van der Waals surface area contributed by atoms with Gasteiger partial charge in [0.15, 0.2) is 5.69 Å². The Hall–Kier alpha value is -1.76. The van der Waals surface area contributed by atoms with E-state index in [1.165, 1.54) is 12.8 Å². The van der Waals surface area contributed by atoms with Crippen molar-refractivity contribution in [1.29, 1.82) is 0 Å². The average molecular weight is 234 g/mol. The van der Waals surface area contributed by atoms with Crippen molar-refractivity contribution in [2.75, 3.05) is 6.54 Å². The molecule has 1 aliphatic heterocycles. The molecule has 3 rings (SSSR count). The number of nitrogens with one attached hydrogen (secondary N) is 2. The summed E-state index contributed by atoms with van der Waals surface area (Å²) in [4.78, 5) is 4.36. The van der Waals surface area contributed by atoms with E-state index >= 15 is 0 Å². The number of hydrogen-bond donors (Lipinski definition) is 2. The van der Waals surface area contributed by atoms with Crippen LogP contribution in [0.3, 0.4) is 0 Å². The van der Waals surface area contributed by atoms with Gasteiger partial charge in [0, 0.05) is 0 Å². The molecule has 90 valence electrons. The van der Waals surface area contributed by atoms with Crippen LogP contribution in [0.2, 0.25) is 0 Å². The Morgan fingerprint density at radius 2 is 2.41 bits per heavy atom. The van der Waals surface area contributed by atoms with Gasteiger partial charge in [-0.1, -0.05) is 12.1 Å². The maximum Gasteiger partial charge on any atom is 0.244 e. The zero-order valence-corrected chi connectivity index (χ0v) is 9.55. The molecule has 2 N–H and O–H groups in total. The first-order valence-corrected chi connectivity index (χ1v) is 5.78. The van der Waals surface area contributed by atoms with E-state index in [4.69, 9.17) is 4.52 Å². The summed E-state index contributed by atoms with van der Waals surface area (Å²) < 4.78 is 5.29. The van der Waals surface area contributed by atoms with Gasteiger partial charge in [-0.05, 0) is 25.3 Å². The molecule has 0 spiro atoms. The van der Waals surface area contributed by atoms with Gasteiger partial charge in [-0.25, -0.2) is 0 Å². The van der Waals surface area contributed by atoms with Crippen LogP contribution in [-0.2, 0) is 0 Å². The van der Waals surface area contributed by atoms with Crippen LogP contribution in [-0.4, -0.2) is 32.1 Å². The van der Waals surface area contributed by atoms with E-state index in [0.717, 1.165) is 6.54 Å². The molecule has 2 atom stereocenters. The van der Waals surface area contributed by atoms with Crippen molar-refractivity contribution in [3.05, 3.63) is 12.1 Å². The summed E-state index contributed by atoms with van der Waals surface area (Å²) >= 11 is 0. The van der Waals surface area contributed by atoms with E-state index in [-0.39, 0.29) is 6.04 Å². The fraction of sp³-hybridized carbons (Fsp3) is 0.600. The number of piperidine rings is 1. The van der Waals surface area contributed by atoms with E-state index in [9.17, 15) is 0 Å². The SMILES string of the molecule is CC1CCCNC1c1nc(-c2cn[nH]n2)no1. The number of H-pyrrole nitrogens is 1. The summed E-state index contributed by atoms with van der Waals surface area (Å²) in [5, 5.41) is 17.5. The van der Waals surface area contributed by atoms with Crippen molar-refractivity contribution in [3.8, 4) is 11.5 Å². The van der Waals surface area contributed by atoms with Gasteiger partial charge < -0.3 is 9.84 Å². The van der Waals surface area contributed by atoms with Crippen molar-refractivity contribution in [2.24, 2.45) is 5.92 Å². The molecule has 0 aromatic carbocycles. The van der Waals surface area contributed by atoms with E-state index < -0.39 is 0 Å². The van der Waals surface area contributed by atoms with Crippen LogP contribution >= 0.6 is 0 Å². The molecule has 17 heavy (non-hydrogen) atoms. The van der Waals surface area contributed by atoms with Gasteiger partial charge >= 0.3 is 0 Å². The summed E-state index contributed by atoms with van der Waals surface area (Å²) in [7, 11) is 0. The minimum atomic E-state index is 0.150. The Morgan fingerprint density at radius 1 is 1.47 bits per heavy atom. The average Bonchev–Trinajstić information content (AvgIpc) is 3.00. The Labute approximate surface area is 98.0 Å². The van der Waals surface area contributed by atoms with E-state index in [1.54, 1.807) is 6.20 Å². The zero-order valence-electron chi connectivity index (χ0n) is 9.55. The molecule has 0 radical (unpaired) electrons. The highest BCUT2D eigenvalue weighted by Gasteiger charge is 2.27. The molecule has 0 amide bonds. The smallest absolute Gasteiger partial charge is 0.244 e. The second kappa shape index (κ2) is 4.25. The Kier molecular flexibility index (Phi) is 2.60. The largest absolute Gasteiger partial charge is 0.337 e. The topological polar surface area (TPSA) is 92.5 Å². The number of aromatic amines is 1. The lowest BCUT2D eigenvalue weighted by molar-refractivity contribution is 0.239. The summed E-state index contributed by atoms with van der Waals surface area (Å²) in [6.45, 7) is 3.19. The molecular formula is C10H14N6O. The summed E-state index contributed by atoms with van der Waals surface area (Å²) in [5.74, 6) is 1.62. The minimum absolute atomic E-state index is 0.150. The lowest BCUT2D eigenvalue weighted by atomic mass is 9.93. The van der Waals surface area contributed by atoms with Gasteiger partial charge in [0.25, 0.3) is 0 Å². The molecule has 0 bridgehead atoms. The van der Waals surface area contributed by atoms with Crippen LogP contribution in [0, 0.1) is 5.92 Å². The molecule has 1 aliphatic rings. The molecule has 0 aliphatic carbocycles. The maximum absolute atomic E-state index is 5.29. The molecule has 3 heterocycles. The fourth-order valence-electron chi connectivity index (χ4n) is 2.16. The third-order valence-corrected chi connectivity index (χ3v) is 3.12. The third-order valence-electron chi connectivity index (χ3n) is 3.12. The summed E-state index contributed by atoms with van der Waals surface area (Å²) in [6, 6.07) is 0.150. The Balaban J connectivity index is 1.84. The van der Waals surface area contributed by atoms with Gasteiger partial charge in [0.1, 0.15) is 0 Å². The first kappa shape index (κ1) is 10.4. The number of aromatic nitrogens is 5. The van der Waals surface area contributed by atoms with E-state index in [2.05, 4.69) is 37.8 Å². The molecular weight excluding hydrogens is 220 g/mol. The monoisotopic (exact) mass is 234 g/mol. The Morgan fingerprint density at radius 3 is 3.18 bits per heavy atom. The van der Waals surface area contributed by atoms with Gasteiger partial charge in [-0.15, -0.1) is 0 Å². The molecule has 2 aromatic rings. The lowest BCUT2D eigenvalue weighted by Crippen LogP contribution is -2.33. The summed E-state index contributed by atoms with van der Waals surface area (Å²) in [5.41, 5.74) is 0.600. The highest BCUT2D eigenvalue weighted by atomic mass is 16.5. The highest BCUT2D eigenvalue weighted by molar-refractivity contribution is 5.44. The van der Waals surface area contributed by atoms with Crippen molar-refractivity contribution in [3.63, 3.8) is 0 Å². The zero-order chi connectivity index (χ0) is 11.7. The van der Waals surface area contributed by atoms with Crippen molar-refractivity contribution >= 4 is 0 Å². The van der Waals surface area contributed by atoms with Crippen LogP contribution < -0.4 is 5.32 Å². The van der Waals surface area contributed by atoms with Crippen LogP contribution in [0.15, 0.2) is 10.7 Å². The van der Waals surface area contributed by atoms with Crippen LogP contribution in [0.5, 0.6) is 0 Å². The summed E-state index contributed by atoms with van der Waals surface area (Å²) in [6.07, 6.45) is 3.95. The number of rotatable bonds is 2. The highest BCUT2D eigenvalue weighted by Crippen LogP contribution is 2.28. The third kappa shape index (κ3) is 1.93. The molecule has 7 nitrogen and oxygen atoms in total. The molecule has 1 saturated heterocycles. The first-order valence-electron chi connectivity index (χ1n) is 5.78. The molecule has 2 aromatic heterocycles. The second-order valence-electron chi connectivity index (χ2n) is 4.36. The van der Waals surface area contributed by atoms with Gasteiger partial charge in [-0.3, -0.25) is 0 Å². The van der Waals surface area contributed by atoms with Crippen LogP contribution in [0.4, 0.5) is 0 Å².